The average Bonchev–Trinajstić information content (AvgIpc) is 2.60. The predicted octanol–water partition coefficient (Wildman–Crippen LogP) is 2.20. The molecule has 1 aromatic rings. The van der Waals surface area contributed by atoms with Crippen molar-refractivity contribution in [2.75, 3.05) is 13.2 Å². The first-order chi connectivity index (χ1) is 8.70. The van der Waals surface area contributed by atoms with Crippen molar-refractivity contribution < 1.29 is 14.3 Å². The molecule has 1 unspecified atom stereocenters. The lowest BCUT2D eigenvalue weighted by Crippen LogP contribution is -2.24. The quantitative estimate of drug-likeness (QED) is 0.850. The van der Waals surface area contributed by atoms with E-state index in [0.717, 1.165) is 22.8 Å². The van der Waals surface area contributed by atoms with Crippen LogP contribution < -0.4 is 15.2 Å². The highest BCUT2D eigenvalue weighted by Gasteiger charge is 2.16. The van der Waals surface area contributed by atoms with Gasteiger partial charge in [-0.25, -0.2) is 0 Å². The fraction of sp³-hybridized carbons (Fsp3) is 0.462. The zero-order valence-electron chi connectivity index (χ0n) is 10.3. The third kappa shape index (κ3) is 3.10. The standard InChI is InChI=1S/C13H17NO3S/c1-2-12(13(14)15)18-9-4-5-10-11(8-9)17-7-3-6-16-10/h4-5,8,12H,2-3,6-7H2,1H3,(H2,14,15). The van der Waals surface area contributed by atoms with Crippen LogP contribution in [0.15, 0.2) is 23.1 Å². The Kier molecular flexibility index (Phi) is 4.36. The van der Waals surface area contributed by atoms with Crippen molar-refractivity contribution in [3.63, 3.8) is 0 Å². The number of nitrogens with two attached hydrogens (primary N) is 1. The van der Waals surface area contributed by atoms with E-state index >= 15 is 0 Å². The first-order valence-corrected chi connectivity index (χ1v) is 6.94. The molecule has 1 heterocycles. The Balaban J connectivity index is 2.15. The fourth-order valence-corrected chi connectivity index (χ4v) is 2.66. The number of ether oxygens (including phenoxy) is 2. The molecular formula is C13H17NO3S. The number of carbonyl (C=O) groups is 1. The topological polar surface area (TPSA) is 61.6 Å². The number of hydrogen-bond acceptors (Lipinski definition) is 4. The van der Waals surface area contributed by atoms with Crippen LogP contribution in [0.5, 0.6) is 11.5 Å². The molecule has 0 spiro atoms. The van der Waals surface area contributed by atoms with Crippen molar-refractivity contribution in [2.45, 2.75) is 29.9 Å². The van der Waals surface area contributed by atoms with E-state index in [9.17, 15) is 4.79 Å². The van der Waals surface area contributed by atoms with Crippen molar-refractivity contribution in [3.05, 3.63) is 18.2 Å². The van der Waals surface area contributed by atoms with E-state index < -0.39 is 0 Å². The second kappa shape index (κ2) is 6.00. The van der Waals surface area contributed by atoms with Crippen LogP contribution in [-0.2, 0) is 4.79 Å². The highest BCUT2D eigenvalue weighted by atomic mass is 32.2. The Bertz CT molecular complexity index is 436. The SMILES string of the molecule is CCC(Sc1ccc2c(c1)OCCCO2)C(N)=O. The van der Waals surface area contributed by atoms with Crippen molar-refractivity contribution >= 4 is 17.7 Å². The zero-order valence-corrected chi connectivity index (χ0v) is 11.2. The van der Waals surface area contributed by atoms with Crippen LogP contribution >= 0.6 is 11.8 Å². The van der Waals surface area contributed by atoms with E-state index in [1.54, 1.807) is 0 Å². The third-order valence-corrected chi connectivity index (χ3v) is 4.06. The highest BCUT2D eigenvalue weighted by molar-refractivity contribution is 8.00. The van der Waals surface area contributed by atoms with Crippen LogP contribution in [0.3, 0.4) is 0 Å². The number of hydrogen-bond donors (Lipinski definition) is 1. The van der Waals surface area contributed by atoms with Crippen LogP contribution in [0, 0.1) is 0 Å². The molecule has 1 aliphatic heterocycles. The monoisotopic (exact) mass is 267 g/mol. The van der Waals surface area contributed by atoms with Gasteiger partial charge in [0.05, 0.1) is 18.5 Å². The molecule has 4 nitrogen and oxygen atoms in total. The first-order valence-electron chi connectivity index (χ1n) is 6.06. The van der Waals surface area contributed by atoms with Crippen LogP contribution in [0.25, 0.3) is 0 Å². The highest BCUT2D eigenvalue weighted by Crippen LogP contribution is 2.35. The average molecular weight is 267 g/mol. The summed E-state index contributed by atoms with van der Waals surface area (Å²) in [6, 6.07) is 5.73. The predicted molar refractivity (Wildman–Crippen MR) is 71.2 cm³/mol. The van der Waals surface area contributed by atoms with Gasteiger partial charge in [-0.05, 0) is 24.6 Å². The maximum Gasteiger partial charge on any atom is 0.230 e. The molecule has 0 saturated heterocycles. The van der Waals surface area contributed by atoms with Crippen molar-refractivity contribution in [1.82, 2.24) is 0 Å². The number of thioether (sulfide) groups is 1. The van der Waals surface area contributed by atoms with Gasteiger partial charge >= 0.3 is 0 Å². The molecule has 0 aromatic heterocycles. The number of benzene rings is 1. The van der Waals surface area contributed by atoms with Gasteiger partial charge in [0.1, 0.15) is 0 Å². The molecule has 1 aliphatic rings. The first kappa shape index (κ1) is 13.1. The summed E-state index contributed by atoms with van der Waals surface area (Å²) < 4.78 is 11.2. The molecule has 18 heavy (non-hydrogen) atoms. The van der Waals surface area contributed by atoms with Crippen molar-refractivity contribution in [2.24, 2.45) is 5.73 Å². The molecule has 5 heteroatoms. The normalized spacial score (nSPS) is 15.8. The number of carbonyl (C=O) groups excluding carboxylic acids is 1. The molecule has 0 bridgehead atoms. The molecule has 1 atom stereocenters. The van der Waals surface area contributed by atoms with E-state index in [1.807, 2.05) is 25.1 Å². The minimum atomic E-state index is -0.283. The maximum atomic E-state index is 11.2. The van der Waals surface area contributed by atoms with Gasteiger partial charge in [0, 0.05) is 11.3 Å². The molecule has 1 aromatic carbocycles. The van der Waals surface area contributed by atoms with Crippen molar-refractivity contribution in [3.8, 4) is 11.5 Å². The molecule has 1 amide bonds. The summed E-state index contributed by atoms with van der Waals surface area (Å²) >= 11 is 1.47. The summed E-state index contributed by atoms with van der Waals surface area (Å²) in [7, 11) is 0. The van der Waals surface area contributed by atoms with E-state index in [4.69, 9.17) is 15.2 Å². The van der Waals surface area contributed by atoms with Gasteiger partial charge < -0.3 is 15.2 Å². The van der Waals surface area contributed by atoms with Crippen LogP contribution in [-0.4, -0.2) is 24.4 Å². The van der Waals surface area contributed by atoms with Gasteiger partial charge in [-0.15, -0.1) is 11.8 Å². The minimum Gasteiger partial charge on any atom is -0.490 e. The zero-order chi connectivity index (χ0) is 13.0. The molecule has 0 fully saturated rings. The minimum absolute atomic E-state index is 0.199. The van der Waals surface area contributed by atoms with Gasteiger partial charge in [-0.3, -0.25) is 4.79 Å². The van der Waals surface area contributed by atoms with Gasteiger partial charge in [0.2, 0.25) is 5.91 Å². The largest absolute Gasteiger partial charge is 0.490 e. The van der Waals surface area contributed by atoms with E-state index in [1.165, 1.54) is 11.8 Å². The van der Waals surface area contributed by atoms with Crippen LogP contribution in [0.1, 0.15) is 19.8 Å². The summed E-state index contributed by atoms with van der Waals surface area (Å²) in [6.45, 7) is 3.29. The molecular weight excluding hydrogens is 250 g/mol. The molecule has 98 valence electrons. The Hall–Kier alpha value is -1.36. The molecule has 0 aliphatic carbocycles. The second-order valence-electron chi connectivity index (χ2n) is 4.08. The van der Waals surface area contributed by atoms with Gasteiger partial charge in [0.15, 0.2) is 11.5 Å². The summed E-state index contributed by atoms with van der Waals surface area (Å²) in [6.07, 6.45) is 1.60. The number of fused-ring (bicyclic) bond motifs is 1. The molecule has 2 N–H and O–H groups in total. The number of rotatable bonds is 4. The van der Waals surface area contributed by atoms with E-state index in [2.05, 4.69) is 0 Å². The van der Waals surface area contributed by atoms with Gasteiger partial charge in [-0.1, -0.05) is 6.92 Å². The molecule has 0 saturated carbocycles. The van der Waals surface area contributed by atoms with Crippen LogP contribution in [0.2, 0.25) is 0 Å². The summed E-state index contributed by atoms with van der Waals surface area (Å²) in [5.74, 6) is 1.23. The smallest absolute Gasteiger partial charge is 0.230 e. The second-order valence-corrected chi connectivity index (χ2v) is 5.35. The Labute approximate surface area is 111 Å². The Morgan fingerprint density at radius 1 is 1.39 bits per heavy atom. The van der Waals surface area contributed by atoms with E-state index in [0.29, 0.717) is 19.6 Å². The molecule has 2 rings (SSSR count). The summed E-state index contributed by atoms with van der Waals surface area (Å²) in [5.41, 5.74) is 5.34. The lowest BCUT2D eigenvalue weighted by atomic mass is 10.3. The number of amides is 1. The number of primary amides is 1. The van der Waals surface area contributed by atoms with E-state index in [-0.39, 0.29) is 11.2 Å². The fourth-order valence-electron chi connectivity index (χ4n) is 1.72. The summed E-state index contributed by atoms with van der Waals surface area (Å²) in [4.78, 5) is 12.2. The Morgan fingerprint density at radius 2 is 2.11 bits per heavy atom. The van der Waals surface area contributed by atoms with Gasteiger partial charge in [0.25, 0.3) is 0 Å². The van der Waals surface area contributed by atoms with Crippen molar-refractivity contribution in [1.29, 1.82) is 0 Å². The molecule has 0 radical (unpaired) electrons. The Morgan fingerprint density at radius 3 is 2.78 bits per heavy atom. The van der Waals surface area contributed by atoms with Crippen LogP contribution in [0.4, 0.5) is 0 Å². The lowest BCUT2D eigenvalue weighted by molar-refractivity contribution is -0.117. The summed E-state index contributed by atoms with van der Waals surface area (Å²) in [5, 5.41) is -0.199. The lowest BCUT2D eigenvalue weighted by Gasteiger charge is -2.12. The maximum absolute atomic E-state index is 11.2. The van der Waals surface area contributed by atoms with Gasteiger partial charge in [-0.2, -0.15) is 0 Å². The third-order valence-electron chi connectivity index (χ3n) is 2.69.